The smallest absolute Gasteiger partial charge is 0.227 e. The fourth-order valence-electron chi connectivity index (χ4n) is 2.61. The van der Waals surface area contributed by atoms with Crippen LogP contribution in [0.3, 0.4) is 0 Å². The van der Waals surface area contributed by atoms with Gasteiger partial charge in [0.15, 0.2) is 0 Å². The molecule has 0 saturated carbocycles. The third kappa shape index (κ3) is 4.28. The van der Waals surface area contributed by atoms with E-state index in [4.69, 9.17) is 9.47 Å². The minimum Gasteiger partial charge on any atom is -0.496 e. The van der Waals surface area contributed by atoms with Gasteiger partial charge in [-0.15, -0.1) is 0 Å². The molecule has 1 amide bonds. The number of ether oxygens (including phenoxy) is 2. The predicted molar refractivity (Wildman–Crippen MR) is 95.5 cm³/mol. The normalized spacial score (nSPS) is 11.7. The fourth-order valence-corrected chi connectivity index (χ4v) is 2.61. The number of nitrogens with zero attached hydrogens (tertiary/aromatic N) is 1. The Balaban J connectivity index is 2.05. The number of hydrogen-bond donors (Lipinski definition) is 0. The SMILES string of the molecule is CCOc1ccc(CC(=O)N(C)C(C)c2ccccc2OC)cc1. The summed E-state index contributed by atoms with van der Waals surface area (Å²) in [5.41, 5.74) is 1.98. The molecule has 0 aliphatic heterocycles. The molecule has 4 heteroatoms. The van der Waals surface area contributed by atoms with E-state index >= 15 is 0 Å². The predicted octanol–water partition coefficient (Wildman–Crippen LogP) is 3.86. The van der Waals surface area contributed by atoms with E-state index in [0.29, 0.717) is 13.0 Å². The number of rotatable bonds is 7. The highest BCUT2D eigenvalue weighted by Gasteiger charge is 2.20. The molecule has 0 fully saturated rings. The highest BCUT2D eigenvalue weighted by molar-refractivity contribution is 5.79. The van der Waals surface area contributed by atoms with Crippen molar-refractivity contribution in [3.63, 3.8) is 0 Å². The van der Waals surface area contributed by atoms with Gasteiger partial charge in [0.05, 0.1) is 26.2 Å². The summed E-state index contributed by atoms with van der Waals surface area (Å²) < 4.78 is 10.8. The zero-order chi connectivity index (χ0) is 17.5. The monoisotopic (exact) mass is 327 g/mol. The summed E-state index contributed by atoms with van der Waals surface area (Å²) in [5, 5.41) is 0. The molecule has 0 aliphatic carbocycles. The summed E-state index contributed by atoms with van der Waals surface area (Å²) in [4.78, 5) is 14.3. The molecule has 0 spiro atoms. The van der Waals surface area contributed by atoms with Gasteiger partial charge in [0.25, 0.3) is 0 Å². The van der Waals surface area contributed by atoms with Crippen LogP contribution in [0.1, 0.15) is 31.0 Å². The van der Waals surface area contributed by atoms with Crippen LogP contribution in [0, 0.1) is 0 Å². The largest absolute Gasteiger partial charge is 0.496 e. The average molecular weight is 327 g/mol. The molecule has 2 rings (SSSR count). The van der Waals surface area contributed by atoms with Gasteiger partial charge < -0.3 is 14.4 Å². The number of hydrogen-bond acceptors (Lipinski definition) is 3. The molecule has 0 N–H and O–H groups in total. The van der Waals surface area contributed by atoms with Crippen LogP contribution in [0.15, 0.2) is 48.5 Å². The van der Waals surface area contributed by atoms with Crippen LogP contribution in [0.25, 0.3) is 0 Å². The Kier molecular flexibility index (Phi) is 6.24. The summed E-state index contributed by atoms with van der Waals surface area (Å²) >= 11 is 0. The summed E-state index contributed by atoms with van der Waals surface area (Å²) in [6.45, 7) is 4.59. The second-order valence-corrected chi connectivity index (χ2v) is 5.68. The number of carbonyl (C=O) groups is 1. The van der Waals surface area contributed by atoms with Crippen molar-refractivity contribution in [3.05, 3.63) is 59.7 Å². The first kappa shape index (κ1) is 17.9. The lowest BCUT2D eigenvalue weighted by molar-refractivity contribution is -0.131. The molecule has 4 nitrogen and oxygen atoms in total. The quantitative estimate of drug-likeness (QED) is 0.775. The van der Waals surface area contributed by atoms with Crippen molar-refractivity contribution in [1.82, 2.24) is 4.90 Å². The van der Waals surface area contributed by atoms with E-state index in [1.54, 1.807) is 12.0 Å². The van der Waals surface area contributed by atoms with Crippen LogP contribution < -0.4 is 9.47 Å². The summed E-state index contributed by atoms with van der Waals surface area (Å²) in [7, 11) is 3.47. The fraction of sp³-hybridized carbons (Fsp3) is 0.350. The number of amides is 1. The molecule has 0 aliphatic rings. The van der Waals surface area contributed by atoms with Crippen molar-refractivity contribution in [2.24, 2.45) is 0 Å². The Labute approximate surface area is 144 Å². The van der Waals surface area contributed by atoms with Gasteiger partial charge in [0.2, 0.25) is 5.91 Å². The van der Waals surface area contributed by atoms with Gasteiger partial charge in [-0.1, -0.05) is 30.3 Å². The molecule has 1 unspecified atom stereocenters. The summed E-state index contributed by atoms with van der Waals surface area (Å²) in [6, 6.07) is 15.4. The topological polar surface area (TPSA) is 38.8 Å². The molecule has 2 aromatic carbocycles. The summed E-state index contributed by atoms with van der Waals surface area (Å²) in [5.74, 6) is 1.69. The minimum absolute atomic E-state index is 0.0589. The second kappa shape index (κ2) is 8.39. The van der Waals surface area contributed by atoms with E-state index in [1.807, 2.05) is 69.4 Å². The van der Waals surface area contributed by atoms with Crippen LogP contribution in [-0.2, 0) is 11.2 Å². The van der Waals surface area contributed by atoms with Gasteiger partial charge >= 0.3 is 0 Å². The van der Waals surface area contributed by atoms with Gasteiger partial charge in [0.1, 0.15) is 11.5 Å². The first-order valence-corrected chi connectivity index (χ1v) is 8.17. The summed E-state index contributed by atoms with van der Waals surface area (Å²) in [6.07, 6.45) is 0.363. The van der Waals surface area contributed by atoms with E-state index in [1.165, 1.54) is 0 Å². The van der Waals surface area contributed by atoms with Crippen LogP contribution in [0.4, 0.5) is 0 Å². The van der Waals surface area contributed by atoms with E-state index in [2.05, 4.69) is 0 Å². The van der Waals surface area contributed by atoms with Crippen molar-refractivity contribution in [2.75, 3.05) is 20.8 Å². The molecule has 0 radical (unpaired) electrons. The van der Waals surface area contributed by atoms with E-state index in [9.17, 15) is 4.79 Å². The zero-order valence-corrected chi connectivity index (χ0v) is 14.8. The Bertz CT molecular complexity index is 667. The van der Waals surface area contributed by atoms with E-state index in [0.717, 1.165) is 22.6 Å². The third-order valence-electron chi connectivity index (χ3n) is 4.15. The van der Waals surface area contributed by atoms with Gasteiger partial charge in [-0.2, -0.15) is 0 Å². The number of methoxy groups -OCH3 is 1. The van der Waals surface area contributed by atoms with Gasteiger partial charge in [0, 0.05) is 12.6 Å². The molecule has 0 saturated heterocycles. The number of likely N-dealkylation sites (N-methyl/N-ethyl adjacent to an activating group) is 1. The van der Waals surface area contributed by atoms with Gasteiger partial charge in [-0.25, -0.2) is 0 Å². The standard InChI is InChI=1S/C20H25NO3/c1-5-24-17-12-10-16(11-13-17)14-20(22)21(3)15(2)18-8-6-7-9-19(18)23-4/h6-13,15H,5,14H2,1-4H3. The molecular formula is C20H25NO3. The van der Waals surface area contributed by atoms with E-state index < -0.39 is 0 Å². The van der Waals surface area contributed by atoms with Crippen molar-refractivity contribution in [3.8, 4) is 11.5 Å². The van der Waals surface area contributed by atoms with Crippen LogP contribution >= 0.6 is 0 Å². The number of benzene rings is 2. The maximum atomic E-state index is 12.6. The molecule has 24 heavy (non-hydrogen) atoms. The third-order valence-corrected chi connectivity index (χ3v) is 4.15. The molecular weight excluding hydrogens is 302 g/mol. The zero-order valence-electron chi connectivity index (χ0n) is 14.8. The van der Waals surface area contributed by atoms with Gasteiger partial charge in [-0.3, -0.25) is 4.79 Å². The highest BCUT2D eigenvalue weighted by Crippen LogP contribution is 2.28. The minimum atomic E-state index is -0.0589. The van der Waals surface area contributed by atoms with E-state index in [-0.39, 0.29) is 11.9 Å². The second-order valence-electron chi connectivity index (χ2n) is 5.68. The lowest BCUT2D eigenvalue weighted by Crippen LogP contribution is -2.31. The van der Waals surface area contributed by atoms with Crippen LogP contribution in [0.2, 0.25) is 0 Å². The molecule has 0 bridgehead atoms. The average Bonchev–Trinajstić information content (AvgIpc) is 2.62. The lowest BCUT2D eigenvalue weighted by Gasteiger charge is -2.26. The van der Waals surface area contributed by atoms with Crippen molar-refractivity contribution >= 4 is 5.91 Å². The first-order valence-electron chi connectivity index (χ1n) is 8.17. The Morgan fingerprint density at radius 1 is 1.12 bits per heavy atom. The number of para-hydroxylation sites is 1. The van der Waals surface area contributed by atoms with Crippen LogP contribution in [0.5, 0.6) is 11.5 Å². The molecule has 0 aromatic heterocycles. The molecule has 1 atom stereocenters. The molecule has 2 aromatic rings. The Hall–Kier alpha value is -2.49. The maximum Gasteiger partial charge on any atom is 0.227 e. The first-order chi connectivity index (χ1) is 11.6. The highest BCUT2D eigenvalue weighted by atomic mass is 16.5. The maximum absolute atomic E-state index is 12.6. The number of carbonyl (C=O) groups excluding carboxylic acids is 1. The van der Waals surface area contributed by atoms with Crippen molar-refractivity contribution in [1.29, 1.82) is 0 Å². The Morgan fingerprint density at radius 3 is 2.42 bits per heavy atom. The van der Waals surface area contributed by atoms with Crippen molar-refractivity contribution in [2.45, 2.75) is 26.3 Å². The molecule has 128 valence electrons. The molecule has 0 heterocycles. The van der Waals surface area contributed by atoms with Crippen LogP contribution in [-0.4, -0.2) is 31.6 Å². The van der Waals surface area contributed by atoms with Crippen molar-refractivity contribution < 1.29 is 14.3 Å². The lowest BCUT2D eigenvalue weighted by atomic mass is 10.0. The van der Waals surface area contributed by atoms with Gasteiger partial charge in [-0.05, 0) is 37.6 Å². The Morgan fingerprint density at radius 2 is 1.79 bits per heavy atom.